The summed E-state index contributed by atoms with van der Waals surface area (Å²) in [6.07, 6.45) is 6.15. The van der Waals surface area contributed by atoms with Crippen LogP contribution in [0.3, 0.4) is 0 Å². The molecule has 1 saturated carbocycles. The molecule has 0 spiro atoms. The fourth-order valence-corrected chi connectivity index (χ4v) is 2.88. The van der Waals surface area contributed by atoms with Gasteiger partial charge in [0.1, 0.15) is 0 Å². The largest absolute Gasteiger partial charge is 0.350 e. The normalized spacial score (nSPS) is 16.4. The van der Waals surface area contributed by atoms with E-state index in [0.29, 0.717) is 11.6 Å². The molecule has 1 aromatic heterocycles. The summed E-state index contributed by atoms with van der Waals surface area (Å²) in [5, 5.41) is 3.67. The third-order valence-electron chi connectivity index (χ3n) is 4.01. The van der Waals surface area contributed by atoms with E-state index in [9.17, 15) is 4.79 Å². The van der Waals surface area contributed by atoms with E-state index in [1.165, 1.54) is 0 Å². The molecule has 0 unspecified atom stereocenters. The van der Waals surface area contributed by atoms with Crippen LogP contribution in [0.1, 0.15) is 30.5 Å². The van der Waals surface area contributed by atoms with E-state index < -0.39 is 5.41 Å². The Morgan fingerprint density at radius 1 is 1.45 bits per heavy atom. The summed E-state index contributed by atoms with van der Waals surface area (Å²) in [6, 6.07) is 7.62. The third kappa shape index (κ3) is 2.31. The summed E-state index contributed by atoms with van der Waals surface area (Å²) in [4.78, 5) is 19.5. The fourth-order valence-electron chi connectivity index (χ4n) is 2.69. The fraction of sp³-hybridized carbons (Fsp3) is 0.333. The summed E-state index contributed by atoms with van der Waals surface area (Å²) < 4.78 is 0. The van der Waals surface area contributed by atoms with Crippen molar-refractivity contribution in [3.05, 3.63) is 53.1 Å². The molecule has 20 heavy (non-hydrogen) atoms. The number of aromatic amines is 1. The monoisotopic (exact) mass is 289 g/mol. The number of amides is 1. The molecule has 104 valence electrons. The number of carbonyl (C=O) groups excluding carboxylic acids is 1. The van der Waals surface area contributed by atoms with E-state index in [-0.39, 0.29) is 5.91 Å². The molecule has 0 bridgehead atoms. The van der Waals surface area contributed by atoms with Crippen molar-refractivity contribution in [2.24, 2.45) is 0 Å². The topological polar surface area (TPSA) is 57.8 Å². The van der Waals surface area contributed by atoms with E-state index in [2.05, 4.69) is 15.3 Å². The van der Waals surface area contributed by atoms with Gasteiger partial charge in [0.05, 0.1) is 24.0 Å². The molecule has 1 fully saturated rings. The lowest BCUT2D eigenvalue weighted by molar-refractivity contribution is -0.130. The molecule has 2 N–H and O–H groups in total. The molecule has 1 heterocycles. The highest BCUT2D eigenvalue weighted by molar-refractivity contribution is 6.30. The van der Waals surface area contributed by atoms with Crippen molar-refractivity contribution in [2.75, 3.05) is 0 Å². The van der Waals surface area contributed by atoms with Crippen molar-refractivity contribution in [3.63, 3.8) is 0 Å². The van der Waals surface area contributed by atoms with Gasteiger partial charge in [-0.2, -0.15) is 0 Å². The van der Waals surface area contributed by atoms with Crippen LogP contribution in [-0.2, 0) is 16.8 Å². The number of carbonyl (C=O) groups is 1. The van der Waals surface area contributed by atoms with Gasteiger partial charge < -0.3 is 10.3 Å². The predicted molar refractivity (Wildman–Crippen MR) is 77.4 cm³/mol. The smallest absolute Gasteiger partial charge is 0.230 e. The zero-order chi connectivity index (χ0) is 14.0. The van der Waals surface area contributed by atoms with Crippen molar-refractivity contribution in [3.8, 4) is 0 Å². The van der Waals surface area contributed by atoms with Gasteiger partial charge in [-0.1, -0.05) is 30.2 Å². The molecular weight excluding hydrogens is 274 g/mol. The molecule has 1 aliphatic rings. The second-order valence-electron chi connectivity index (χ2n) is 5.21. The van der Waals surface area contributed by atoms with Crippen molar-refractivity contribution < 1.29 is 4.79 Å². The molecule has 1 aromatic carbocycles. The van der Waals surface area contributed by atoms with Crippen molar-refractivity contribution in [2.45, 2.75) is 31.2 Å². The molecule has 0 atom stereocenters. The first-order valence-corrected chi connectivity index (χ1v) is 7.10. The Morgan fingerprint density at radius 3 is 2.90 bits per heavy atom. The second-order valence-corrected chi connectivity index (χ2v) is 5.64. The Kier molecular flexibility index (Phi) is 3.49. The van der Waals surface area contributed by atoms with E-state index in [0.717, 1.165) is 30.5 Å². The van der Waals surface area contributed by atoms with Crippen LogP contribution in [0.25, 0.3) is 0 Å². The van der Waals surface area contributed by atoms with Gasteiger partial charge in [-0.3, -0.25) is 4.79 Å². The van der Waals surface area contributed by atoms with Crippen LogP contribution in [0.2, 0.25) is 5.02 Å². The van der Waals surface area contributed by atoms with Crippen LogP contribution in [0.15, 0.2) is 36.8 Å². The van der Waals surface area contributed by atoms with Crippen molar-refractivity contribution in [1.82, 2.24) is 15.3 Å². The average molecular weight is 290 g/mol. The molecule has 0 radical (unpaired) electrons. The Balaban J connectivity index is 1.76. The predicted octanol–water partition coefficient (Wildman–Crippen LogP) is 2.80. The van der Waals surface area contributed by atoms with Crippen molar-refractivity contribution in [1.29, 1.82) is 0 Å². The minimum Gasteiger partial charge on any atom is -0.350 e. The van der Waals surface area contributed by atoms with Crippen LogP contribution in [0.4, 0.5) is 0 Å². The van der Waals surface area contributed by atoms with Crippen LogP contribution in [0, 0.1) is 0 Å². The first kappa shape index (κ1) is 13.2. The molecule has 4 nitrogen and oxygen atoms in total. The maximum absolute atomic E-state index is 12.6. The Labute approximate surface area is 122 Å². The maximum atomic E-state index is 12.6. The Bertz CT molecular complexity index is 605. The van der Waals surface area contributed by atoms with E-state index in [1.54, 1.807) is 12.5 Å². The first-order chi connectivity index (χ1) is 9.71. The van der Waals surface area contributed by atoms with Gasteiger partial charge in [0.25, 0.3) is 0 Å². The van der Waals surface area contributed by atoms with Gasteiger partial charge in [0.2, 0.25) is 5.91 Å². The van der Waals surface area contributed by atoms with Gasteiger partial charge in [0.15, 0.2) is 0 Å². The quantitative estimate of drug-likeness (QED) is 0.909. The highest BCUT2D eigenvalue weighted by Crippen LogP contribution is 2.44. The number of halogens is 1. The van der Waals surface area contributed by atoms with E-state index in [1.807, 2.05) is 24.3 Å². The minimum absolute atomic E-state index is 0.0700. The third-order valence-corrected chi connectivity index (χ3v) is 4.25. The maximum Gasteiger partial charge on any atom is 0.230 e. The highest BCUT2D eigenvalue weighted by Gasteiger charge is 2.45. The van der Waals surface area contributed by atoms with Gasteiger partial charge in [-0.25, -0.2) is 4.98 Å². The molecule has 0 aliphatic heterocycles. The lowest BCUT2D eigenvalue weighted by atomic mass is 9.64. The molecule has 2 aromatic rings. The standard InChI is InChI=1S/C15H16ClN3O/c16-12-4-1-3-11(7-12)15(5-2-6-15)14(20)18-9-13-8-17-10-19-13/h1,3-4,7-8,10H,2,5-6,9H2,(H,17,19)(H,18,20). The number of hydrogen-bond acceptors (Lipinski definition) is 2. The summed E-state index contributed by atoms with van der Waals surface area (Å²) >= 11 is 6.05. The zero-order valence-electron chi connectivity index (χ0n) is 11.0. The van der Waals surface area contributed by atoms with Crippen LogP contribution in [-0.4, -0.2) is 15.9 Å². The van der Waals surface area contributed by atoms with Crippen LogP contribution in [0.5, 0.6) is 0 Å². The average Bonchev–Trinajstić information content (AvgIpc) is 2.88. The number of imidazole rings is 1. The highest BCUT2D eigenvalue weighted by atomic mass is 35.5. The summed E-state index contributed by atoms with van der Waals surface area (Å²) in [5.41, 5.74) is 1.50. The number of H-pyrrole nitrogens is 1. The number of rotatable bonds is 4. The molecule has 5 heteroatoms. The number of benzene rings is 1. The summed E-state index contributed by atoms with van der Waals surface area (Å²) in [7, 11) is 0. The molecule has 3 rings (SSSR count). The van der Waals surface area contributed by atoms with Gasteiger partial charge in [-0.05, 0) is 30.5 Å². The van der Waals surface area contributed by atoms with E-state index in [4.69, 9.17) is 11.6 Å². The number of hydrogen-bond donors (Lipinski definition) is 2. The molecule has 0 saturated heterocycles. The molecular formula is C15H16ClN3O. The summed E-state index contributed by atoms with van der Waals surface area (Å²) in [6.45, 7) is 0.473. The van der Waals surface area contributed by atoms with Crippen molar-refractivity contribution >= 4 is 17.5 Å². The second kappa shape index (κ2) is 5.29. The SMILES string of the molecule is O=C(NCc1cnc[nH]1)C1(c2cccc(Cl)c2)CCC1. The number of nitrogens with zero attached hydrogens (tertiary/aromatic N) is 1. The zero-order valence-corrected chi connectivity index (χ0v) is 11.8. The Morgan fingerprint density at radius 2 is 2.30 bits per heavy atom. The van der Waals surface area contributed by atoms with Gasteiger partial charge in [-0.15, -0.1) is 0 Å². The minimum atomic E-state index is -0.412. The van der Waals surface area contributed by atoms with Crippen LogP contribution >= 0.6 is 11.6 Å². The number of aromatic nitrogens is 2. The first-order valence-electron chi connectivity index (χ1n) is 6.72. The van der Waals surface area contributed by atoms with Gasteiger partial charge in [0, 0.05) is 11.2 Å². The van der Waals surface area contributed by atoms with Crippen LogP contribution < -0.4 is 5.32 Å². The van der Waals surface area contributed by atoms with Gasteiger partial charge >= 0.3 is 0 Å². The lowest BCUT2D eigenvalue weighted by Crippen LogP contribution is -2.49. The van der Waals surface area contributed by atoms with E-state index >= 15 is 0 Å². The lowest BCUT2D eigenvalue weighted by Gasteiger charge is -2.40. The molecule has 1 aliphatic carbocycles. The number of nitrogens with one attached hydrogen (secondary N) is 2. The summed E-state index contributed by atoms with van der Waals surface area (Å²) in [5.74, 6) is 0.0700. The Hall–Kier alpha value is -1.81. The molecule has 1 amide bonds.